The van der Waals surface area contributed by atoms with Crippen LogP contribution in [0.5, 0.6) is 5.75 Å². The Morgan fingerprint density at radius 3 is 2.50 bits per heavy atom. The zero-order valence-corrected chi connectivity index (χ0v) is 12.8. The van der Waals surface area contributed by atoms with Crippen molar-refractivity contribution >= 4 is 11.6 Å². The van der Waals surface area contributed by atoms with E-state index in [1.165, 1.54) is 18.2 Å². The van der Waals surface area contributed by atoms with E-state index in [9.17, 15) is 18.0 Å². The highest BCUT2D eigenvalue weighted by molar-refractivity contribution is 5.81. The number of hydrogen-bond acceptors (Lipinski definition) is 3. The summed E-state index contributed by atoms with van der Waals surface area (Å²) in [5.74, 6) is -0.618. The maximum absolute atomic E-state index is 12.8. The van der Waals surface area contributed by atoms with Crippen LogP contribution >= 0.6 is 0 Å². The van der Waals surface area contributed by atoms with E-state index < -0.39 is 6.61 Å². The fourth-order valence-electron chi connectivity index (χ4n) is 2.05. The molecular weight excluding hydrogens is 321 g/mol. The molecule has 0 aliphatic carbocycles. The van der Waals surface area contributed by atoms with Gasteiger partial charge in [-0.2, -0.15) is 8.78 Å². The Hall–Kier alpha value is -2.70. The van der Waals surface area contributed by atoms with Gasteiger partial charge in [0.15, 0.2) is 0 Å². The molecule has 24 heavy (non-hydrogen) atoms. The molecular formula is C17H17F3N2O2. The largest absolute Gasteiger partial charge is 0.433 e. The molecule has 0 aliphatic rings. The van der Waals surface area contributed by atoms with Crippen molar-refractivity contribution in [1.29, 1.82) is 0 Å². The van der Waals surface area contributed by atoms with E-state index >= 15 is 0 Å². The predicted molar refractivity (Wildman–Crippen MR) is 84.7 cm³/mol. The number of carbonyl (C=O) groups is 1. The quantitative estimate of drug-likeness (QED) is 0.777. The average molecular weight is 338 g/mol. The summed E-state index contributed by atoms with van der Waals surface area (Å²) in [6.45, 7) is -2.62. The minimum absolute atomic E-state index is 0.0217. The Balaban J connectivity index is 1.76. The van der Waals surface area contributed by atoms with Gasteiger partial charge in [-0.25, -0.2) is 4.39 Å². The van der Waals surface area contributed by atoms with Crippen molar-refractivity contribution in [3.05, 3.63) is 59.9 Å². The van der Waals surface area contributed by atoms with Crippen LogP contribution in [0.15, 0.2) is 48.5 Å². The Morgan fingerprint density at radius 1 is 1.08 bits per heavy atom. The summed E-state index contributed by atoms with van der Waals surface area (Å²) in [6, 6.07) is 12.2. The number of hydrogen-bond donors (Lipinski definition) is 2. The molecule has 2 aromatic carbocycles. The van der Waals surface area contributed by atoms with Crippen LogP contribution in [-0.2, 0) is 11.2 Å². The molecule has 0 unspecified atom stereocenters. The number of anilines is 1. The first-order chi connectivity index (χ1) is 11.5. The number of rotatable bonds is 8. The number of benzene rings is 2. The van der Waals surface area contributed by atoms with Crippen molar-refractivity contribution in [2.24, 2.45) is 0 Å². The Kier molecular flexibility index (Phi) is 6.48. The highest BCUT2D eigenvalue weighted by atomic mass is 19.3. The topological polar surface area (TPSA) is 50.4 Å². The van der Waals surface area contributed by atoms with E-state index in [0.29, 0.717) is 18.7 Å². The molecule has 0 saturated carbocycles. The summed E-state index contributed by atoms with van der Waals surface area (Å²) in [4.78, 5) is 11.8. The zero-order chi connectivity index (χ0) is 17.4. The minimum Gasteiger partial charge on any atom is -0.433 e. The van der Waals surface area contributed by atoms with Crippen molar-refractivity contribution in [2.75, 3.05) is 18.4 Å². The van der Waals surface area contributed by atoms with E-state index in [0.717, 1.165) is 5.56 Å². The molecule has 0 aromatic heterocycles. The van der Waals surface area contributed by atoms with E-state index in [-0.39, 0.29) is 24.0 Å². The lowest BCUT2D eigenvalue weighted by Gasteiger charge is -2.12. The molecule has 2 aromatic rings. The van der Waals surface area contributed by atoms with Gasteiger partial charge >= 0.3 is 6.61 Å². The third-order valence-electron chi connectivity index (χ3n) is 3.19. The summed E-state index contributed by atoms with van der Waals surface area (Å²) in [7, 11) is 0. The zero-order valence-electron chi connectivity index (χ0n) is 12.8. The van der Waals surface area contributed by atoms with Crippen LogP contribution in [0.4, 0.5) is 18.9 Å². The van der Waals surface area contributed by atoms with Gasteiger partial charge < -0.3 is 15.4 Å². The fraction of sp³-hybridized carbons (Fsp3) is 0.235. The van der Waals surface area contributed by atoms with E-state index in [4.69, 9.17) is 0 Å². The van der Waals surface area contributed by atoms with Crippen molar-refractivity contribution in [3.8, 4) is 5.75 Å². The molecule has 1 amide bonds. The Labute approximate surface area is 137 Å². The summed E-state index contributed by atoms with van der Waals surface area (Å²) in [5, 5.41) is 5.45. The first kappa shape index (κ1) is 17.7. The Morgan fingerprint density at radius 2 is 1.79 bits per heavy atom. The Bertz CT molecular complexity index is 663. The standard InChI is InChI=1S/C17H17F3N2O2/c18-13-7-5-12(6-8-13)9-10-21-16(23)11-22-14-3-1-2-4-15(14)24-17(19)20/h1-8,17,22H,9-11H2,(H,21,23). The van der Waals surface area contributed by atoms with Crippen LogP contribution in [0.1, 0.15) is 5.56 Å². The maximum atomic E-state index is 12.8. The number of nitrogens with one attached hydrogen (secondary N) is 2. The second-order valence-electron chi connectivity index (χ2n) is 4.95. The lowest BCUT2D eigenvalue weighted by atomic mass is 10.1. The molecule has 0 atom stereocenters. The van der Waals surface area contributed by atoms with Gasteiger partial charge in [-0.3, -0.25) is 4.79 Å². The second kappa shape index (κ2) is 8.81. The number of carbonyl (C=O) groups excluding carboxylic acids is 1. The second-order valence-corrected chi connectivity index (χ2v) is 4.95. The van der Waals surface area contributed by atoms with Gasteiger partial charge in [0.2, 0.25) is 5.91 Å². The van der Waals surface area contributed by atoms with Crippen LogP contribution in [0.2, 0.25) is 0 Å². The van der Waals surface area contributed by atoms with Crippen molar-refractivity contribution < 1.29 is 22.7 Å². The van der Waals surface area contributed by atoms with Crippen LogP contribution < -0.4 is 15.4 Å². The smallest absolute Gasteiger partial charge is 0.387 e. The van der Waals surface area contributed by atoms with Gasteiger partial charge in [0.25, 0.3) is 0 Å². The normalized spacial score (nSPS) is 10.5. The first-order valence-corrected chi connectivity index (χ1v) is 7.33. The summed E-state index contributed by atoms with van der Waals surface area (Å²) in [5.41, 5.74) is 1.21. The van der Waals surface area contributed by atoms with Crippen LogP contribution in [-0.4, -0.2) is 25.6 Å². The van der Waals surface area contributed by atoms with Crippen molar-refractivity contribution in [1.82, 2.24) is 5.32 Å². The van der Waals surface area contributed by atoms with E-state index in [1.807, 2.05) is 0 Å². The maximum Gasteiger partial charge on any atom is 0.387 e. The lowest BCUT2D eigenvalue weighted by molar-refractivity contribution is -0.119. The first-order valence-electron chi connectivity index (χ1n) is 7.33. The summed E-state index contributed by atoms with van der Waals surface area (Å²) < 4.78 is 41.7. The number of ether oxygens (including phenoxy) is 1. The number of halogens is 3. The number of para-hydroxylation sites is 2. The van der Waals surface area contributed by atoms with Crippen molar-refractivity contribution in [3.63, 3.8) is 0 Å². The van der Waals surface area contributed by atoms with Gasteiger partial charge in [0.1, 0.15) is 11.6 Å². The van der Waals surface area contributed by atoms with Crippen LogP contribution in [0, 0.1) is 5.82 Å². The fourth-order valence-corrected chi connectivity index (χ4v) is 2.05. The number of amides is 1. The third kappa shape index (κ3) is 5.83. The molecule has 0 bridgehead atoms. The average Bonchev–Trinajstić information content (AvgIpc) is 2.55. The van der Waals surface area contributed by atoms with Gasteiger partial charge in [-0.15, -0.1) is 0 Å². The van der Waals surface area contributed by atoms with E-state index in [1.54, 1.807) is 30.3 Å². The van der Waals surface area contributed by atoms with Gasteiger partial charge in [-0.05, 0) is 36.2 Å². The lowest BCUT2D eigenvalue weighted by Crippen LogP contribution is -2.31. The molecule has 0 heterocycles. The number of alkyl halides is 2. The molecule has 7 heteroatoms. The van der Waals surface area contributed by atoms with Gasteiger partial charge in [0.05, 0.1) is 12.2 Å². The monoisotopic (exact) mass is 338 g/mol. The highest BCUT2D eigenvalue weighted by Crippen LogP contribution is 2.25. The molecule has 4 nitrogen and oxygen atoms in total. The van der Waals surface area contributed by atoms with E-state index in [2.05, 4.69) is 15.4 Å². The van der Waals surface area contributed by atoms with Crippen molar-refractivity contribution in [2.45, 2.75) is 13.0 Å². The summed E-state index contributed by atoms with van der Waals surface area (Å²) >= 11 is 0. The summed E-state index contributed by atoms with van der Waals surface area (Å²) in [6.07, 6.45) is 0.567. The molecule has 2 N–H and O–H groups in total. The molecule has 0 aliphatic heterocycles. The molecule has 2 rings (SSSR count). The van der Waals surface area contributed by atoms with Gasteiger partial charge in [-0.1, -0.05) is 24.3 Å². The van der Waals surface area contributed by atoms with Crippen LogP contribution in [0.3, 0.4) is 0 Å². The predicted octanol–water partition coefficient (Wildman–Crippen LogP) is 3.20. The minimum atomic E-state index is -2.93. The third-order valence-corrected chi connectivity index (χ3v) is 3.19. The molecule has 0 fully saturated rings. The van der Waals surface area contributed by atoms with Crippen LogP contribution in [0.25, 0.3) is 0 Å². The molecule has 0 spiro atoms. The van der Waals surface area contributed by atoms with Gasteiger partial charge in [0, 0.05) is 6.54 Å². The highest BCUT2D eigenvalue weighted by Gasteiger charge is 2.09. The molecule has 0 saturated heterocycles. The molecule has 0 radical (unpaired) electrons. The SMILES string of the molecule is O=C(CNc1ccccc1OC(F)F)NCCc1ccc(F)cc1. The molecule has 128 valence electrons.